The summed E-state index contributed by atoms with van der Waals surface area (Å²) in [4.78, 5) is 19.6. The van der Waals surface area contributed by atoms with E-state index < -0.39 is 0 Å². The Hall–Kier alpha value is -2.07. The lowest BCUT2D eigenvalue weighted by molar-refractivity contribution is 0.100. The third kappa shape index (κ3) is 4.55. The Bertz CT molecular complexity index is 776. The fourth-order valence-corrected chi connectivity index (χ4v) is 3.84. The van der Waals surface area contributed by atoms with Crippen molar-refractivity contribution in [1.82, 2.24) is 0 Å². The smallest absolute Gasteiger partial charge is 0.182 e. The Kier molecular flexibility index (Phi) is 5.82. The quantitative estimate of drug-likeness (QED) is 0.700. The maximum atomic E-state index is 12.9. The molecule has 0 spiro atoms. The molecule has 0 fully saturated rings. The molecule has 136 valence electrons. The number of Topliss-reactive ketones (excluding diaryl/α,β-unsaturated/α-hetero) is 1. The van der Waals surface area contributed by atoms with Crippen molar-refractivity contribution in [2.75, 3.05) is 23.7 Å². The molecule has 0 bridgehead atoms. The molecule has 0 saturated heterocycles. The fourth-order valence-electron chi connectivity index (χ4n) is 2.88. The van der Waals surface area contributed by atoms with E-state index in [0.29, 0.717) is 6.54 Å². The van der Waals surface area contributed by atoms with Crippen LogP contribution in [0.25, 0.3) is 0 Å². The van der Waals surface area contributed by atoms with Gasteiger partial charge >= 0.3 is 0 Å². The SMILES string of the molecule is CC(C)(C)c1ccc(C(=O)CN(C2=NCCCS2)c2ccccc2)cc1. The van der Waals surface area contributed by atoms with E-state index >= 15 is 0 Å². The molecule has 2 aromatic rings. The van der Waals surface area contributed by atoms with Crippen molar-refractivity contribution in [3.8, 4) is 0 Å². The largest absolute Gasteiger partial charge is 0.313 e. The lowest BCUT2D eigenvalue weighted by Crippen LogP contribution is -2.35. The Balaban J connectivity index is 1.82. The minimum absolute atomic E-state index is 0.0884. The zero-order valence-corrected chi connectivity index (χ0v) is 16.6. The van der Waals surface area contributed by atoms with Gasteiger partial charge in [0.05, 0.1) is 6.54 Å². The lowest BCUT2D eigenvalue weighted by Gasteiger charge is -2.27. The first-order valence-corrected chi connectivity index (χ1v) is 10.1. The standard InChI is InChI=1S/C22H26N2OS/c1-22(2,3)18-12-10-17(11-13-18)20(25)16-24(19-8-5-4-6-9-19)21-23-14-7-15-26-21/h4-6,8-13H,7,14-16H2,1-3H3. The molecule has 0 radical (unpaired) electrons. The molecule has 3 nitrogen and oxygen atoms in total. The number of rotatable bonds is 4. The number of carbonyl (C=O) groups is 1. The molecule has 3 rings (SSSR count). The molecule has 0 amide bonds. The first-order chi connectivity index (χ1) is 12.4. The summed E-state index contributed by atoms with van der Waals surface area (Å²) in [6.07, 6.45) is 1.10. The third-order valence-electron chi connectivity index (χ3n) is 4.45. The number of ketones is 1. The van der Waals surface area contributed by atoms with Gasteiger partial charge in [0.2, 0.25) is 0 Å². The van der Waals surface area contributed by atoms with Crippen molar-refractivity contribution in [3.05, 3.63) is 65.7 Å². The van der Waals surface area contributed by atoms with Gasteiger partial charge in [0.15, 0.2) is 11.0 Å². The van der Waals surface area contributed by atoms with Crippen LogP contribution in [0.3, 0.4) is 0 Å². The molecule has 0 saturated carbocycles. The van der Waals surface area contributed by atoms with Crippen LogP contribution >= 0.6 is 11.8 Å². The molecule has 26 heavy (non-hydrogen) atoms. The Morgan fingerprint density at radius 2 is 1.77 bits per heavy atom. The fraction of sp³-hybridized carbons (Fsp3) is 0.364. The highest BCUT2D eigenvalue weighted by molar-refractivity contribution is 8.14. The van der Waals surface area contributed by atoms with Crippen molar-refractivity contribution in [3.63, 3.8) is 0 Å². The van der Waals surface area contributed by atoms with E-state index in [1.54, 1.807) is 11.8 Å². The number of hydrogen-bond donors (Lipinski definition) is 0. The first kappa shape index (κ1) is 18.7. The summed E-state index contributed by atoms with van der Waals surface area (Å²) in [5.41, 5.74) is 3.09. The topological polar surface area (TPSA) is 32.7 Å². The highest BCUT2D eigenvalue weighted by Crippen LogP contribution is 2.25. The van der Waals surface area contributed by atoms with Gasteiger partial charge in [-0.05, 0) is 29.5 Å². The number of benzene rings is 2. The number of hydrogen-bond acceptors (Lipinski definition) is 4. The second-order valence-electron chi connectivity index (χ2n) is 7.54. The highest BCUT2D eigenvalue weighted by atomic mass is 32.2. The summed E-state index contributed by atoms with van der Waals surface area (Å²) in [6.45, 7) is 7.68. The number of anilines is 1. The minimum atomic E-state index is 0.0884. The van der Waals surface area contributed by atoms with Crippen LogP contribution in [-0.4, -0.2) is 29.8 Å². The van der Waals surface area contributed by atoms with Crippen LogP contribution < -0.4 is 4.90 Å². The average Bonchev–Trinajstić information content (AvgIpc) is 2.67. The van der Waals surface area contributed by atoms with Crippen LogP contribution in [0.5, 0.6) is 0 Å². The number of nitrogens with zero attached hydrogens (tertiary/aromatic N) is 2. The number of thioether (sulfide) groups is 1. The summed E-state index contributed by atoms with van der Waals surface area (Å²) in [7, 11) is 0. The summed E-state index contributed by atoms with van der Waals surface area (Å²) in [6, 6.07) is 18.1. The summed E-state index contributed by atoms with van der Waals surface area (Å²) >= 11 is 1.73. The van der Waals surface area contributed by atoms with Crippen molar-refractivity contribution in [1.29, 1.82) is 0 Å². The van der Waals surface area contributed by atoms with Gasteiger partial charge in [-0.15, -0.1) is 0 Å². The van der Waals surface area contributed by atoms with Crippen LogP contribution in [0.15, 0.2) is 59.6 Å². The van der Waals surface area contributed by atoms with Gasteiger partial charge in [-0.25, -0.2) is 0 Å². The molecule has 4 heteroatoms. The molecule has 1 heterocycles. The third-order valence-corrected chi connectivity index (χ3v) is 5.55. The van der Waals surface area contributed by atoms with Crippen molar-refractivity contribution in [2.45, 2.75) is 32.6 Å². The Morgan fingerprint density at radius 1 is 1.08 bits per heavy atom. The van der Waals surface area contributed by atoms with Crippen LogP contribution in [0.1, 0.15) is 43.1 Å². The summed E-state index contributed by atoms with van der Waals surface area (Å²) in [5, 5.41) is 0.946. The van der Waals surface area contributed by atoms with Crippen molar-refractivity contribution < 1.29 is 4.79 Å². The molecular weight excluding hydrogens is 340 g/mol. The number of para-hydroxylation sites is 1. The second kappa shape index (κ2) is 8.09. The summed E-state index contributed by atoms with van der Waals surface area (Å²) < 4.78 is 0. The Labute approximate surface area is 160 Å². The van der Waals surface area contributed by atoms with E-state index in [1.165, 1.54) is 5.56 Å². The Morgan fingerprint density at radius 3 is 2.35 bits per heavy atom. The molecular formula is C22H26N2OS. The van der Waals surface area contributed by atoms with E-state index in [-0.39, 0.29) is 11.2 Å². The van der Waals surface area contributed by atoms with Crippen LogP contribution in [0, 0.1) is 0 Å². The predicted molar refractivity (Wildman–Crippen MR) is 113 cm³/mol. The first-order valence-electron chi connectivity index (χ1n) is 9.09. The molecule has 1 aliphatic rings. The number of amidine groups is 1. The van der Waals surface area contributed by atoms with Crippen molar-refractivity contribution >= 4 is 28.4 Å². The second-order valence-corrected chi connectivity index (χ2v) is 8.60. The van der Waals surface area contributed by atoms with Crippen LogP contribution in [-0.2, 0) is 5.41 Å². The zero-order valence-electron chi connectivity index (χ0n) is 15.7. The maximum Gasteiger partial charge on any atom is 0.182 e. The highest BCUT2D eigenvalue weighted by Gasteiger charge is 2.21. The van der Waals surface area contributed by atoms with Crippen molar-refractivity contribution in [2.24, 2.45) is 4.99 Å². The van der Waals surface area contributed by atoms with E-state index in [2.05, 4.69) is 37.9 Å². The zero-order chi connectivity index (χ0) is 18.6. The van der Waals surface area contributed by atoms with Gasteiger partial charge in [-0.2, -0.15) is 0 Å². The lowest BCUT2D eigenvalue weighted by atomic mass is 9.86. The predicted octanol–water partition coefficient (Wildman–Crippen LogP) is 5.17. The monoisotopic (exact) mass is 366 g/mol. The normalized spacial score (nSPS) is 14.7. The van der Waals surface area contributed by atoms with Crippen LogP contribution in [0.2, 0.25) is 0 Å². The van der Waals surface area contributed by atoms with Gasteiger partial charge in [0.25, 0.3) is 0 Å². The molecule has 2 aromatic carbocycles. The van der Waals surface area contributed by atoms with Crippen LogP contribution in [0.4, 0.5) is 5.69 Å². The van der Waals surface area contributed by atoms with E-state index in [0.717, 1.165) is 35.1 Å². The molecule has 0 unspecified atom stereocenters. The van der Waals surface area contributed by atoms with E-state index in [1.807, 2.05) is 47.4 Å². The summed E-state index contributed by atoms with van der Waals surface area (Å²) in [5.74, 6) is 1.17. The minimum Gasteiger partial charge on any atom is -0.313 e. The van der Waals surface area contributed by atoms with Gasteiger partial charge in [0.1, 0.15) is 0 Å². The molecule has 0 atom stereocenters. The molecule has 1 aliphatic heterocycles. The molecule has 0 aromatic heterocycles. The van der Waals surface area contributed by atoms with E-state index in [9.17, 15) is 4.79 Å². The van der Waals surface area contributed by atoms with Gasteiger partial charge in [-0.1, -0.05) is 75.0 Å². The molecule has 0 N–H and O–H groups in total. The average molecular weight is 367 g/mol. The molecule has 0 aliphatic carbocycles. The van der Waals surface area contributed by atoms with Gasteiger partial charge < -0.3 is 4.90 Å². The maximum absolute atomic E-state index is 12.9. The van der Waals surface area contributed by atoms with E-state index in [4.69, 9.17) is 0 Å². The number of carbonyl (C=O) groups excluding carboxylic acids is 1. The van der Waals surface area contributed by atoms with Gasteiger partial charge in [0, 0.05) is 23.5 Å². The van der Waals surface area contributed by atoms with Gasteiger partial charge in [-0.3, -0.25) is 9.79 Å². The number of aliphatic imine (C=N–C) groups is 1.